The van der Waals surface area contributed by atoms with E-state index in [1.54, 1.807) is 27.7 Å². The Morgan fingerprint density at radius 1 is 1.44 bits per heavy atom. The maximum absolute atomic E-state index is 12.0. The van der Waals surface area contributed by atoms with Gasteiger partial charge in [-0.3, -0.25) is 4.79 Å². The van der Waals surface area contributed by atoms with Crippen molar-refractivity contribution in [2.45, 2.75) is 52.7 Å². The number of rotatable bonds is 5. The molecule has 9 nitrogen and oxygen atoms in total. The molecule has 0 unspecified atom stereocenters. The first kappa shape index (κ1) is 18.8. The molecule has 136 valence electrons. The van der Waals surface area contributed by atoms with Crippen molar-refractivity contribution in [1.29, 1.82) is 0 Å². The lowest BCUT2D eigenvalue weighted by Crippen LogP contribution is -2.34. The van der Waals surface area contributed by atoms with Gasteiger partial charge in [-0.05, 0) is 27.7 Å². The van der Waals surface area contributed by atoms with Crippen molar-refractivity contribution in [3.63, 3.8) is 0 Å². The van der Waals surface area contributed by atoms with E-state index in [2.05, 4.69) is 20.4 Å². The highest BCUT2D eigenvalue weighted by Gasteiger charge is 2.23. The Kier molecular flexibility index (Phi) is 5.41. The molecule has 0 aromatic carbocycles. The summed E-state index contributed by atoms with van der Waals surface area (Å²) in [5.41, 5.74) is 4.67. The molecule has 1 atom stereocenters. The number of nitrogens with two attached hydrogens (primary N) is 1. The van der Waals surface area contributed by atoms with Gasteiger partial charge in [0, 0.05) is 6.42 Å². The third kappa shape index (κ3) is 4.75. The molecule has 10 heteroatoms. The van der Waals surface area contributed by atoms with Crippen LogP contribution < -0.4 is 11.1 Å². The van der Waals surface area contributed by atoms with Crippen LogP contribution in [0, 0.1) is 0 Å². The lowest BCUT2D eigenvalue weighted by atomic mass is 10.2. The number of carbonyl (C=O) groups excluding carboxylic acids is 2. The van der Waals surface area contributed by atoms with Gasteiger partial charge in [-0.1, -0.05) is 18.3 Å². The van der Waals surface area contributed by atoms with Crippen molar-refractivity contribution < 1.29 is 14.3 Å². The Morgan fingerprint density at radius 2 is 2.12 bits per heavy atom. The molecule has 0 saturated carbocycles. The highest BCUT2D eigenvalue weighted by atomic mass is 32.1. The monoisotopic (exact) mass is 366 g/mol. The Hall–Kier alpha value is -2.49. The van der Waals surface area contributed by atoms with Gasteiger partial charge < -0.3 is 15.8 Å². The first-order valence-electron chi connectivity index (χ1n) is 7.82. The van der Waals surface area contributed by atoms with Crippen LogP contribution in [0.3, 0.4) is 0 Å². The predicted octanol–water partition coefficient (Wildman–Crippen LogP) is 1.97. The molecule has 2 rings (SSSR count). The third-order valence-electron chi connectivity index (χ3n) is 3.03. The summed E-state index contributed by atoms with van der Waals surface area (Å²) in [6, 6.07) is -0.469. The summed E-state index contributed by atoms with van der Waals surface area (Å²) in [5, 5.41) is 7.57. The van der Waals surface area contributed by atoms with E-state index < -0.39 is 23.6 Å². The second-order valence-electron chi connectivity index (χ2n) is 6.39. The molecular formula is C15H22N6O3S. The quantitative estimate of drug-likeness (QED) is 0.833. The number of hydrogen-bond donors (Lipinski definition) is 2. The molecular weight excluding hydrogens is 344 g/mol. The molecule has 2 aromatic rings. The number of alkyl carbamates (subject to hydrolysis) is 1. The van der Waals surface area contributed by atoms with Gasteiger partial charge >= 0.3 is 6.09 Å². The van der Waals surface area contributed by atoms with Gasteiger partial charge in [0.15, 0.2) is 11.6 Å². The SMILES string of the molecule is CCc1nc([C@H](C)NC(=O)OC(C)(C)C)n(-c2ncc(C(N)=O)s2)n1. The number of thiazole rings is 1. The summed E-state index contributed by atoms with van der Waals surface area (Å²) in [7, 11) is 0. The van der Waals surface area contributed by atoms with E-state index >= 15 is 0 Å². The summed E-state index contributed by atoms with van der Waals surface area (Å²) in [6.07, 6.45) is 1.46. The molecule has 3 N–H and O–H groups in total. The molecule has 2 heterocycles. The van der Waals surface area contributed by atoms with E-state index in [4.69, 9.17) is 10.5 Å². The average Bonchev–Trinajstić information content (AvgIpc) is 3.11. The summed E-state index contributed by atoms with van der Waals surface area (Å²) in [4.78, 5) is 32.2. The zero-order valence-corrected chi connectivity index (χ0v) is 15.7. The van der Waals surface area contributed by atoms with E-state index in [1.807, 2.05) is 6.92 Å². The Bertz CT molecular complexity index is 777. The van der Waals surface area contributed by atoms with Crippen LogP contribution in [0.1, 0.15) is 62.0 Å². The van der Waals surface area contributed by atoms with Crippen LogP contribution in [-0.2, 0) is 11.2 Å². The zero-order chi connectivity index (χ0) is 18.8. The largest absolute Gasteiger partial charge is 0.444 e. The standard InChI is InChI=1S/C15H22N6O3S/c1-6-10-19-12(8(2)18-14(23)24-15(3,4)5)21(20-10)13-17-7-9(25-13)11(16)22/h7-8H,6H2,1-5H3,(H2,16,22)(H,18,23)/t8-/m0/s1. The van der Waals surface area contributed by atoms with Gasteiger partial charge in [0.05, 0.1) is 12.2 Å². The summed E-state index contributed by atoms with van der Waals surface area (Å²) in [5.74, 6) is 0.540. The van der Waals surface area contributed by atoms with E-state index in [9.17, 15) is 9.59 Å². The summed E-state index contributed by atoms with van der Waals surface area (Å²) in [6.45, 7) is 9.06. The molecule has 0 bridgehead atoms. The van der Waals surface area contributed by atoms with Crippen LogP contribution in [0.15, 0.2) is 6.20 Å². The van der Waals surface area contributed by atoms with Crippen molar-refractivity contribution in [2.75, 3.05) is 0 Å². The molecule has 2 aromatic heterocycles. The Morgan fingerprint density at radius 3 is 2.64 bits per heavy atom. The summed E-state index contributed by atoms with van der Waals surface area (Å²) >= 11 is 1.11. The average molecular weight is 366 g/mol. The number of carbonyl (C=O) groups is 2. The second kappa shape index (κ2) is 7.18. The maximum Gasteiger partial charge on any atom is 0.408 e. The van der Waals surface area contributed by atoms with Crippen molar-refractivity contribution >= 4 is 23.3 Å². The number of aromatic nitrogens is 4. The molecule has 0 aliphatic rings. The first-order chi connectivity index (χ1) is 11.6. The minimum Gasteiger partial charge on any atom is -0.444 e. The van der Waals surface area contributed by atoms with Crippen LogP contribution >= 0.6 is 11.3 Å². The van der Waals surface area contributed by atoms with Crippen LogP contribution in [0.25, 0.3) is 5.13 Å². The van der Waals surface area contributed by atoms with E-state index in [1.165, 1.54) is 10.9 Å². The maximum atomic E-state index is 12.0. The van der Waals surface area contributed by atoms with Crippen LogP contribution in [0.5, 0.6) is 0 Å². The molecule has 0 aliphatic heterocycles. The zero-order valence-electron chi connectivity index (χ0n) is 14.9. The van der Waals surface area contributed by atoms with Crippen molar-refractivity contribution in [3.8, 4) is 5.13 Å². The van der Waals surface area contributed by atoms with Gasteiger partial charge in [-0.2, -0.15) is 4.68 Å². The number of hydrogen-bond acceptors (Lipinski definition) is 7. The van der Waals surface area contributed by atoms with Crippen molar-refractivity contribution in [3.05, 3.63) is 22.7 Å². The molecule has 0 saturated heterocycles. The predicted molar refractivity (Wildman–Crippen MR) is 92.7 cm³/mol. The molecule has 0 aliphatic carbocycles. The highest BCUT2D eigenvalue weighted by molar-refractivity contribution is 7.16. The molecule has 0 spiro atoms. The minimum atomic E-state index is -0.599. The molecule has 0 fully saturated rings. The molecule has 2 amide bonds. The van der Waals surface area contributed by atoms with Crippen molar-refractivity contribution in [1.82, 2.24) is 25.1 Å². The van der Waals surface area contributed by atoms with Gasteiger partial charge in [0.2, 0.25) is 5.13 Å². The minimum absolute atomic E-state index is 0.322. The second-order valence-corrected chi connectivity index (χ2v) is 7.40. The van der Waals surface area contributed by atoms with Crippen LogP contribution in [-0.4, -0.2) is 37.3 Å². The summed E-state index contributed by atoms with van der Waals surface area (Å²) < 4.78 is 6.77. The van der Waals surface area contributed by atoms with E-state index in [0.29, 0.717) is 28.1 Å². The fourth-order valence-electron chi connectivity index (χ4n) is 1.97. The number of primary amides is 1. The lowest BCUT2D eigenvalue weighted by molar-refractivity contribution is 0.0505. The number of nitrogens with zero attached hydrogens (tertiary/aromatic N) is 4. The molecule has 25 heavy (non-hydrogen) atoms. The number of nitrogens with one attached hydrogen (secondary N) is 1. The van der Waals surface area contributed by atoms with E-state index in [0.717, 1.165) is 11.3 Å². The van der Waals surface area contributed by atoms with Crippen LogP contribution in [0.2, 0.25) is 0 Å². The smallest absolute Gasteiger partial charge is 0.408 e. The van der Waals surface area contributed by atoms with Crippen LogP contribution in [0.4, 0.5) is 4.79 Å². The number of aryl methyl sites for hydroxylation is 1. The first-order valence-corrected chi connectivity index (χ1v) is 8.63. The van der Waals surface area contributed by atoms with Gasteiger partial charge in [0.25, 0.3) is 5.91 Å². The fraction of sp³-hybridized carbons (Fsp3) is 0.533. The third-order valence-corrected chi connectivity index (χ3v) is 4.02. The normalized spacial score (nSPS) is 12.7. The fourth-order valence-corrected chi connectivity index (χ4v) is 2.69. The Labute approximate surface area is 149 Å². The number of ether oxygens (including phenoxy) is 1. The van der Waals surface area contributed by atoms with Gasteiger partial charge in [-0.25, -0.2) is 14.8 Å². The van der Waals surface area contributed by atoms with Gasteiger partial charge in [0.1, 0.15) is 10.5 Å². The molecule has 0 radical (unpaired) electrons. The van der Waals surface area contributed by atoms with Crippen molar-refractivity contribution in [2.24, 2.45) is 5.73 Å². The number of amides is 2. The lowest BCUT2D eigenvalue weighted by Gasteiger charge is -2.21. The topological polar surface area (TPSA) is 125 Å². The Balaban J connectivity index is 2.29. The van der Waals surface area contributed by atoms with Gasteiger partial charge in [-0.15, -0.1) is 5.10 Å². The van der Waals surface area contributed by atoms with E-state index in [-0.39, 0.29) is 0 Å². The highest BCUT2D eigenvalue weighted by Crippen LogP contribution is 2.21.